The van der Waals surface area contributed by atoms with Crippen molar-refractivity contribution in [1.82, 2.24) is 9.55 Å². The van der Waals surface area contributed by atoms with Gasteiger partial charge in [0, 0.05) is 26.3 Å². The van der Waals surface area contributed by atoms with Crippen LogP contribution in [0.2, 0.25) is 25.7 Å². The van der Waals surface area contributed by atoms with Crippen LogP contribution in [0.3, 0.4) is 0 Å². The van der Waals surface area contributed by atoms with Gasteiger partial charge >= 0.3 is 12.1 Å². The molecule has 0 saturated carbocycles. The zero-order chi connectivity index (χ0) is 21.1. The monoisotopic (exact) mass is 407 g/mol. The maximum Gasteiger partial charge on any atom is 0.413 e. The Kier molecular flexibility index (Phi) is 6.51. The Morgan fingerprint density at radius 1 is 1.29 bits per heavy atom. The molecule has 0 spiro atoms. The second-order valence-corrected chi connectivity index (χ2v) is 14.5. The topological polar surface area (TPSA) is 103 Å². The van der Waals surface area contributed by atoms with Crippen LogP contribution in [0.4, 0.5) is 10.6 Å². The molecular formula is C19H29N3O5Si. The third-order valence-electron chi connectivity index (χ3n) is 3.81. The third kappa shape index (κ3) is 6.34. The molecule has 0 atom stereocenters. The molecule has 2 aromatic heterocycles. The lowest BCUT2D eigenvalue weighted by Crippen LogP contribution is -2.28. The van der Waals surface area contributed by atoms with Gasteiger partial charge in [-0.1, -0.05) is 19.6 Å². The van der Waals surface area contributed by atoms with E-state index in [9.17, 15) is 14.7 Å². The number of carboxylic acids is 1. The summed E-state index contributed by atoms with van der Waals surface area (Å²) in [6.07, 6.45) is 1.03. The summed E-state index contributed by atoms with van der Waals surface area (Å²) in [5.74, 6) is -1.24. The summed E-state index contributed by atoms with van der Waals surface area (Å²) in [5.41, 5.74) is -0.276. The fourth-order valence-corrected chi connectivity index (χ4v) is 3.17. The van der Waals surface area contributed by atoms with E-state index in [0.29, 0.717) is 24.4 Å². The number of ether oxygens (including phenoxy) is 2. The van der Waals surface area contributed by atoms with Crippen LogP contribution in [0.15, 0.2) is 18.3 Å². The summed E-state index contributed by atoms with van der Waals surface area (Å²) in [6.45, 7) is 13.0. The summed E-state index contributed by atoms with van der Waals surface area (Å²) in [5, 5.41) is 12.6. The first-order chi connectivity index (χ1) is 12.9. The number of fused-ring (bicyclic) bond motifs is 1. The first-order valence-electron chi connectivity index (χ1n) is 9.17. The van der Waals surface area contributed by atoms with Crippen molar-refractivity contribution in [2.75, 3.05) is 11.9 Å². The molecule has 0 saturated heterocycles. The normalized spacial score (nSPS) is 12.2. The molecular weight excluding hydrogens is 378 g/mol. The lowest BCUT2D eigenvalue weighted by molar-refractivity contribution is 0.0635. The number of carboxylic acid groups (broad SMARTS) is 1. The molecule has 8 nitrogen and oxygen atoms in total. The second kappa shape index (κ2) is 8.32. The molecule has 2 aromatic rings. The van der Waals surface area contributed by atoms with E-state index in [1.807, 2.05) is 0 Å². The van der Waals surface area contributed by atoms with Gasteiger partial charge in [0.05, 0.1) is 0 Å². The van der Waals surface area contributed by atoms with E-state index in [0.717, 1.165) is 6.04 Å². The Morgan fingerprint density at radius 3 is 2.54 bits per heavy atom. The smallest absolute Gasteiger partial charge is 0.413 e. The zero-order valence-electron chi connectivity index (χ0n) is 17.3. The van der Waals surface area contributed by atoms with Gasteiger partial charge < -0.3 is 19.1 Å². The van der Waals surface area contributed by atoms with Gasteiger partial charge in [-0.3, -0.25) is 5.32 Å². The van der Waals surface area contributed by atoms with E-state index in [1.54, 1.807) is 37.6 Å². The number of aromatic nitrogens is 2. The fraction of sp³-hybridized carbons (Fsp3) is 0.526. The zero-order valence-corrected chi connectivity index (χ0v) is 18.3. The summed E-state index contributed by atoms with van der Waals surface area (Å²) in [6, 6.07) is 4.30. The van der Waals surface area contributed by atoms with E-state index in [1.165, 1.54) is 6.07 Å². The van der Waals surface area contributed by atoms with Crippen LogP contribution in [0, 0.1) is 0 Å². The number of pyridine rings is 1. The molecule has 28 heavy (non-hydrogen) atoms. The molecule has 2 heterocycles. The van der Waals surface area contributed by atoms with E-state index in [-0.39, 0.29) is 11.4 Å². The van der Waals surface area contributed by atoms with Gasteiger partial charge in [-0.05, 0) is 38.9 Å². The van der Waals surface area contributed by atoms with Gasteiger partial charge in [-0.2, -0.15) is 0 Å². The third-order valence-corrected chi connectivity index (χ3v) is 5.52. The minimum Gasteiger partial charge on any atom is -0.478 e. The van der Waals surface area contributed by atoms with Crippen molar-refractivity contribution in [3.8, 4) is 0 Å². The lowest BCUT2D eigenvalue weighted by atomic mass is 10.2. The minimum absolute atomic E-state index is 0.0590. The SMILES string of the molecule is CC(C)(C)OC(=O)Nc1nc2c(ccn2COCC[Si](C)(C)C)cc1C(=O)O. The van der Waals surface area contributed by atoms with Gasteiger partial charge in [0.2, 0.25) is 0 Å². The van der Waals surface area contributed by atoms with Crippen molar-refractivity contribution in [1.29, 1.82) is 0 Å². The average Bonchev–Trinajstić information content (AvgIpc) is 2.90. The number of anilines is 1. The summed E-state index contributed by atoms with van der Waals surface area (Å²) < 4.78 is 12.7. The highest BCUT2D eigenvalue weighted by Crippen LogP contribution is 2.23. The molecule has 0 fully saturated rings. The first-order valence-corrected chi connectivity index (χ1v) is 12.9. The van der Waals surface area contributed by atoms with Crippen LogP contribution in [0.5, 0.6) is 0 Å². The van der Waals surface area contributed by atoms with E-state index < -0.39 is 25.7 Å². The second-order valence-electron chi connectivity index (χ2n) is 8.86. The van der Waals surface area contributed by atoms with Gasteiger partial charge in [0.1, 0.15) is 23.5 Å². The molecule has 0 radical (unpaired) electrons. The number of rotatable bonds is 7. The fourth-order valence-electron chi connectivity index (χ4n) is 2.42. The number of hydrogen-bond donors (Lipinski definition) is 2. The molecule has 1 amide bonds. The van der Waals surface area contributed by atoms with Crippen LogP contribution < -0.4 is 5.32 Å². The molecule has 9 heteroatoms. The number of amides is 1. The van der Waals surface area contributed by atoms with Crippen LogP contribution in [-0.4, -0.2) is 47.0 Å². The lowest BCUT2D eigenvalue weighted by Gasteiger charge is -2.20. The number of nitrogens with one attached hydrogen (secondary N) is 1. The van der Waals surface area contributed by atoms with Crippen LogP contribution in [-0.2, 0) is 16.2 Å². The Morgan fingerprint density at radius 2 is 1.96 bits per heavy atom. The molecule has 0 bridgehead atoms. The van der Waals surface area contributed by atoms with E-state index in [4.69, 9.17) is 9.47 Å². The molecule has 0 aromatic carbocycles. The Balaban J connectivity index is 2.24. The van der Waals surface area contributed by atoms with Gasteiger partial charge in [-0.25, -0.2) is 14.6 Å². The first kappa shape index (κ1) is 21.9. The van der Waals surface area contributed by atoms with Crippen molar-refractivity contribution in [2.45, 2.75) is 58.8 Å². The van der Waals surface area contributed by atoms with E-state index >= 15 is 0 Å². The van der Waals surface area contributed by atoms with Crippen molar-refractivity contribution in [3.05, 3.63) is 23.9 Å². The summed E-state index contributed by atoms with van der Waals surface area (Å²) in [7, 11) is -1.18. The van der Waals surface area contributed by atoms with Crippen molar-refractivity contribution >= 4 is 37.0 Å². The predicted octanol–water partition coefficient (Wildman–Crippen LogP) is 4.39. The number of carbonyl (C=O) groups is 2. The number of nitrogens with zero attached hydrogens (tertiary/aromatic N) is 2. The predicted molar refractivity (Wildman–Crippen MR) is 111 cm³/mol. The van der Waals surface area contributed by atoms with Gasteiger partial charge in [0.15, 0.2) is 5.82 Å². The molecule has 0 unspecified atom stereocenters. The number of carbonyl (C=O) groups excluding carboxylic acids is 1. The molecule has 2 rings (SSSR count). The quantitative estimate of drug-likeness (QED) is 0.521. The molecule has 0 aliphatic carbocycles. The van der Waals surface area contributed by atoms with Crippen LogP contribution >= 0.6 is 0 Å². The van der Waals surface area contributed by atoms with Crippen LogP contribution in [0.25, 0.3) is 11.0 Å². The minimum atomic E-state index is -1.18. The molecule has 2 N–H and O–H groups in total. The van der Waals surface area contributed by atoms with Crippen molar-refractivity contribution in [2.24, 2.45) is 0 Å². The van der Waals surface area contributed by atoms with Crippen LogP contribution in [0.1, 0.15) is 31.1 Å². The summed E-state index contributed by atoms with van der Waals surface area (Å²) in [4.78, 5) is 28.0. The van der Waals surface area contributed by atoms with Gasteiger partial charge in [0.25, 0.3) is 0 Å². The highest BCUT2D eigenvalue weighted by Gasteiger charge is 2.21. The highest BCUT2D eigenvalue weighted by atomic mass is 28.3. The molecule has 0 aliphatic rings. The number of hydrogen-bond acceptors (Lipinski definition) is 5. The largest absolute Gasteiger partial charge is 0.478 e. The standard InChI is InChI=1S/C19H29N3O5Si/c1-19(2,3)27-18(25)21-15-14(17(23)24)11-13-7-8-22(16(13)20-15)12-26-9-10-28(4,5)6/h7-8,11H,9-10,12H2,1-6H3,(H,23,24)(H,20,21,25). The van der Waals surface area contributed by atoms with Gasteiger partial charge in [-0.15, -0.1) is 0 Å². The molecule has 154 valence electrons. The Labute approximate surface area is 165 Å². The van der Waals surface area contributed by atoms with Crippen molar-refractivity contribution in [3.63, 3.8) is 0 Å². The average molecular weight is 408 g/mol. The number of aromatic carboxylic acids is 1. The maximum absolute atomic E-state index is 12.1. The van der Waals surface area contributed by atoms with E-state index in [2.05, 4.69) is 29.9 Å². The summed E-state index contributed by atoms with van der Waals surface area (Å²) >= 11 is 0. The molecule has 0 aliphatic heterocycles. The maximum atomic E-state index is 12.1. The highest BCUT2D eigenvalue weighted by molar-refractivity contribution is 6.76. The van der Waals surface area contributed by atoms with Crippen molar-refractivity contribution < 1.29 is 24.2 Å². The Bertz CT molecular complexity index is 865. The Hall–Kier alpha value is -2.39.